The molecule has 0 atom stereocenters. The minimum absolute atomic E-state index is 0. The Morgan fingerprint density at radius 3 is 0.769 bits per heavy atom. The Bertz CT molecular complexity index is 201. The van der Waals surface area contributed by atoms with E-state index in [-0.39, 0.29) is 12.4 Å². The van der Waals surface area contributed by atoms with Crippen LogP contribution in [0.2, 0.25) is 0 Å². The average Bonchev–Trinajstić information content (AvgIpc) is 2.63. The second kappa shape index (κ2) is 21.5. The summed E-state index contributed by atoms with van der Waals surface area (Å²) in [6, 6.07) is 0. The number of rotatable bonds is 20. The summed E-state index contributed by atoms with van der Waals surface area (Å²) in [7, 11) is 0. The second-order valence-electron chi connectivity index (χ2n) is 8.48. The summed E-state index contributed by atoms with van der Waals surface area (Å²) >= 11 is 0. The first-order valence-electron chi connectivity index (χ1n) is 12.1. The highest BCUT2D eigenvalue weighted by Crippen LogP contribution is 2.19. The molecule has 0 aliphatic rings. The highest BCUT2D eigenvalue weighted by molar-refractivity contribution is 4.53. The van der Waals surface area contributed by atoms with Gasteiger partial charge in [-0.25, -0.2) is 0 Å². The quantitative estimate of drug-likeness (QED) is 0.200. The molecule has 0 aliphatic carbocycles. The molecule has 160 valence electrons. The fourth-order valence-corrected chi connectivity index (χ4v) is 4.17. The molecule has 0 radical (unpaired) electrons. The van der Waals surface area contributed by atoms with Crippen LogP contribution in [0.25, 0.3) is 0 Å². The Labute approximate surface area is 173 Å². The molecule has 0 saturated heterocycles. The summed E-state index contributed by atoms with van der Waals surface area (Å²) in [6.45, 7) is 15.2. The predicted molar refractivity (Wildman–Crippen MR) is 116 cm³/mol. The first-order valence-corrected chi connectivity index (χ1v) is 12.1. The van der Waals surface area contributed by atoms with Gasteiger partial charge in [0, 0.05) is 0 Å². The fourth-order valence-electron chi connectivity index (χ4n) is 4.17. The fraction of sp³-hybridized carbons (Fsp3) is 1.00. The maximum absolute atomic E-state index is 2.34. The molecule has 2 heteroatoms. The second-order valence-corrected chi connectivity index (χ2v) is 8.48. The number of quaternary nitrogens is 1. The molecule has 0 unspecified atom stereocenters. The zero-order valence-electron chi connectivity index (χ0n) is 19.0. The van der Waals surface area contributed by atoms with Crippen molar-refractivity contribution >= 4 is 0 Å². The van der Waals surface area contributed by atoms with Crippen molar-refractivity contribution in [2.75, 3.05) is 26.2 Å². The van der Waals surface area contributed by atoms with E-state index in [1.165, 1.54) is 133 Å². The highest BCUT2D eigenvalue weighted by atomic mass is 35.5. The third kappa shape index (κ3) is 16.4. The lowest BCUT2D eigenvalue weighted by atomic mass is 10.1. The van der Waals surface area contributed by atoms with Crippen molar-refractivity contribution in [3.05, 3.63) is 0 Å². The van der Waals surface area contributed by atoms with Gasteiger partial charge in [-0.1, -0.05) is 79.1 Å². The highest BCUT2D eigenvalue weighted by Gasteiger charge is 2.25. The smallest absolute Gasteiger partial charge is 0.0786 e. The molecule has 0 heterocycles. The molecule has 0 aromatic carbocycles. The summed E-state index contributed by atoms with van der Waals surface area (Å²) in [5.41, 5.74) is 0. The van der Waals surface area contributed by atoms with Crippen LogP contribution in [0.3, 0.4) is 0 Å². The summed E-state index contributed by atoms with van der Waals surface area (Å²) in [4.78, 5) is 0. The van der Waals surface area contributed by atoms with Crippen molar-refractivity contribution in [2.24, 2.45) is 0 Å². The van der Waals surface area contributed by atoms with Gasteiger partial charge in [-0.2, -0.15) is 0 Å². The van der Waals surface area contributed by atoms with E-state index < -0.39 is 0 Å². The molecule has 0 N–H and O–H groups in total. The summed E-state index contributed by atoms with van der Waals surface area (Å²) in [5, 5.41) is 0. The van der Waals surface area contributed by atoms with Crippen molar-refractivity contribution in [1.29, 1.82) is 0 Å². The van der Waals surface area contributed by atoms with Crippen molar-refractivity contribution in [2.45, 2.75) is 130 Å². The van der Waals surface area contributed by atoms with Gasteiger partial charge in [-0.15, -0.1) is 0 Å². The van der Waals surface area contributed by atoms with E-state index in [9.17, 15) is 0 Å². The van der Waals surface area contributed by atoms with Crippen LogP contribution in [0.5, 0.6) is 0 Å². The molecule has 26 heavy (non-hydrogen) atoms. The van der Waals surface area contributed by atoms with Crippen LogP contribution < -0.4 is 12.4 Å². The molecule has 0 rings (SSSR count). The van der Waals surface area contributed by atoms with Gasteiger partial charge in [-0.05, 0) is 51.4 Å². The minimum atomic E-state index is 0. The number of halogens is 1. The number of hydrogen-bond acceptors (Lipinski definition) is 0. The Hall–Kier alpha value is 0.250. The van der Waals surface area contributed by atoms with Crippen LogP contribution in [0.4, 0.5) is 0 Å². The lowest BCUT2D eigenvalue weighted by Crippen LogP contribution is -3.00. The number of unbranched alkanes of at least 4 members (excludes halogenated alkanes) is 12. The van der Waals surface area contributed by atoms with Gasteiger partial charge in [0.15, 0.2) is 0 Å². The van der Waals surface area contributed by atoms with Gasteiger partial charge in [0.25, 0.3) is 0 Å². The topological polar surface area (TPSA) is 0 Å². The van der Waals surface area contributed by atoms with Gasteiger partial charge in [0.1, 0.15) is 0 Å². The van der Waals surface area contributed by atoms with Crippen LogP contribution in [0, 0.1) is 0 Å². The first kappa shape index (κ1) is 28.5. The van der Waals surface area contributed by atoms with Crippen molar-refractivity contribution in [1.82, 2.24) is 0 Å². The third-order valence-electron chi connectivity index (χ3n) is 5.94. The normalized spacial score (nSPS) is 11.5. The monoisotopic (exact) mass is 389 g/mol. The van der Waals surface area contributed by atoms with E-state index in [2.05, 4.69) is 27.7 Å². The van der Waals surface area contributed by atoms with E-state index >= 15 is 0 Å². The summed E-state index contributed by atoms with van der Waals surface area (Å²) in [6.07, 6.45) is 22.8. The van der Waals surface area contributed by atoms with E-state index in [0.29, 0.717) is 0 Å². The SMILES string of the molecule is CCCCCC[N+](CCCCCC)(CCCCCC)CCCCCC.[Cl-]. The largest absolute Gasteiger partial charge is 1.00 e. The Kier molecular flexibility index (Phi) is 23.6. The zero-order chi connectivity index (χ0) is 18.6. The van der Waals surface area contributed by atoms with Crippen LogP contribution in [-0.4, -0.2) is 30.7 Å². The molecule has 0 saturated carbocycles. The Balaban J connectivity index is 0. The number of nitrogens with zero attached hydrogens (tertiary/aromatic N) is 1. The van der Waals surface area contributed by atoms with Crippen LogP contribution in [0.15, 0.2) is 0 Å². The molecule has 0 amide bonds. The maximum atomic E-state index is 2.34. The molecule has 0 aliphatic heterocycles. The molecular weight excluding hydrogens is 338 g/mol. The Morgan fingerprint density at radius 2 is 0.577 bits per heavy atom. The summed E-state index contributed by atoms with van der Waals surface area (Å²) in [5.74, 6) is 0. The molecule has 0 spiro atoms. The van der Waals surface area contributed by atoms with Gasteiger partial charge in [-0.3, -0.25) is 0 Å². The van der Waals surface area contributed by atoms with E-state index in [4.69, 9.17) is 0 Å². The number of hydrogen-bond donors (Lipinski definition) is 0. The standard InChI is InChI=1S/C24H52N.ClH/c1-5-9-13-17-21-25(22-18-14-10-6-2,23-19-15-11-7-3)24-20-16-12-8-4;/h5-24H2,1-4H3;1H/q+1;/p-1. The molecule has 1 nitrogen and oxygen atoms in total. The molecule has 0 aromatic heterocycles. The molecule has 0 aromatic rings. The average molecular weight is 390 g/mol. The minimum Gasteiger partial charge on any atom is -1.00 e. The molecule has 0 bridgehead atoms. The van der Waals surface area contributed by atoms with E-state index in [1.807, 2.05) is 0 Å². The zero-order valence-corrected chi connectivity index (χ0v) is 19.7. The molecule has 0 fully saturated rings. The summed E-state index contributed by atoms with van der Waals surface area (Å²) < 4.78 is 1.46. The predicted octanol–water partition coefficient (Wildman–Crippen LogP) is 5.13. The third-order valence-corrected chi connectivity index (χ3v) is 5.94. The lowest BCUT2D eigenvalue weighted by Gasteiger charge is -2.39. The van der Waals surface area contributed by atoms with Crippen molar-refractivity contribution in [3.8, 4) is 0 Å². The van der Waals surface area contributed by atoms with Crippen LogP contribution in [-0.2, 0) is 0 Å². The van der Waals surface area contributed by atoms with Crippen molar-refractivity contribution in [3.63, 3.8) is 0 Å². The lowest BCUT2D eigenvalue weighted by molar-refractivity contribution is -0.929. The van der Waals surface area contributed by atoms with Crippen LogP contribution >= 0.6 is 0 Å². The molecular formula is C24H52ClN. The Morgan fingerprint density at radius 1 is 0.346 bits per heavy atom. The van der Waals surface area contributed by atoms with Gasteiger partial charge in [0.05, 0.1) is 26.2 Å². The van der Waals surface area contributed by atoms with Crippen LogP contribution in [0.1, 0.15) is 130 Å². The first-order chi connectivity index (χ1) is 12.2. The maximum Gasteiger partial charge on any atom is 0.0786 e. The van der Waals surface area contributed by atoms with Gasteiger partial charge >= 0.3 is 0 Å². The van der Waals surface area contributed by atoms with Gasteiger partial charge in [0.2, 0.25) is 0 Å². The van der Waals surface area contributed by atoms with E-state index in [1.54, 1.807) is 0 Å². The van der Waals surface area contributed by atoms with E-state index in [0.717, 1.165) is 0 Å². The van der Waals surface area contributed by atoms with Crippen molar-refractivity contribution < 1.29 is 16.9 Å². The van der Waals surface area contributed by atoms with Gasteiger partial charge < -0.3 is 16.9 Å².